The van der Waals surface area contributed by atoms with E-state index in [1.54, 1.807) is 6.07 Å². The summed E-state index contributed by atoms with van der Waals surface area (Å²) < 4.78 is 46.6. The van der Waals surface area contributed by atoms with E-state index in [0.717, 1.165) is 6.07 Å². The molecule has 2 saturated heterocycles. The molecule has 3 unspecified atom stereocenters. The van der Waals surface area contributed by atoms with E-state index in [9.17, 15) is 22.8 Å². The molecule has 12 heteroatoms. The fourth-order valence-electron chi connectivity index (χ4n) is 4.08. The number of piperidine rings is 1. The monoisotopic (exact) mass is 466 g/mol. The Morgan fingerprint density at radius 3 is 2.67 bits per heavy atom. The van der Waals surface area contributed by atoms with Gasteiger partial charge >= 0.3 is 12.2 Å². The van der Waals surface area contributed by atoms with Crippen molar-refractivity contribution >= 4 is 11.9 Å². The fraction of sp³-hybridized carbons (Fsp3) is 0.524. The van der Waals surface area contributed by atoms with E-state index >= 15 is 0 Å². The zero-order valence-corrected chi connectivity index (χ0v) is 18.3. The maximum Gasteiger partial charge on any atom is 0.416 e. The van der Waals surface area contributed by atoms with Crippen LogP contribution in [0.4, 0.5) is 18.0 Å². The summed E-state index contributed by atoms with van der Waals surface area (Å²) >= 11 is 0. The highest BCUT2D eigenvalue weighted by atomic mass is 19.4. The fourth-order valence-corrected chi connectivity index (χ4v) is 4.08. The molecule has 3 amide bonds. The lowest BCUT2D eigenvalue weighted by Gasteiger charge is -2.34. The molecular weight excluding hydrogens is 441 g/mol. The summed E-state index contributed by atoms with van der Waals surface area (Å²) in [6, 6.07) is 3.37. The predicted octanol–water partition coefficient (Wildman–Crippen LogP) is 2.40. The number of urea groups is 1. The van der Waals surface area contributed by atoms with Crippen molar-refractivity contribution in [1.29, 1.82) is 0 Å². The second-order valence-corrected chi connectivity index (χ2v) is 9.24. The van der Waals surface area contributed by atoms with Crippen LogP contribution in [0.2, 0.25) is 0 Å². The molecule has 1 aromatic heterocycles. The SMILES string of the molecule is CC(C)(C)c1nc(C(=O)NCc2ccc(C3CCNC4NC(=O)NC43)cc2C(F)(F)F)no1. The van der Waals surface area contributed by atoms with Gasteiger partial charge in [0, 0.05) is 17.9 Å². The molecule has 2 aliphatic rings. The molecule has 9 nitrogen and oxygen atoms in total. The first-order valence-corrected chi connectivity index (χ1v) is 10.6. The lowest BCUT2D eigenvalue weighted by molar-refractivity contribution is -0.138. The first-order valence-electron chi connectivity index (χ1n) is 10.6. The van der Waals surface area contributed by atoms with Crippen LogP contribution >= 0.6 is 0 Å². The molecule has 2 aliphatic heterocycles. The second kappa shape index (κ2) is 8.32. The Kier molecular flexibility index (Phi) is 5.81. The molecule has 0 spiro atoms. The maximum absolute atomic E-state index is 13.9. The number of nitrogens with zero attached hydrogens (tertiary/aromatic N) is 2. The Bertz CT molecular complexity index is 1060. The number of hydrogen-bond acceptors (Lipinski definition) is 6. The molecule has 0 saturated carbocycles. The van der Waals surface area contributed by atoms with Gasteiger partial charge in [0.2, 0.25) is 5.89 Å². The van der Waals surface area contributed by atoms with Crippen molar-refractivity contribution in [2.75, 3.05) is 6.54 Å². The second-order valence-electron chi connectivity index (χ2n) is 9.24. The highest BCUT2D eigenvalue weighted by Crippen LogP contribution is 2.37. The van der Waals surface area contributed by atoms with E-state index in [2.05, 4.69) is 31.4 Å². The molecule has 0 bridgehead atoms. The van der Waals surface area contributed by atoms with Gasteiger partial charge in [-0.1, -0.05) is 38.1 Å². The number of carbonyl (C=O) groups is 2. The Hall–Kier alpha value is -3.15. The third kappa shape index (κ3) is 4.80. The van der Waals surface area contributed by atoms with Crippen LogP contribution in [0, 0.1) is 0 Å². The number of amides is 3. The van der Waals surface area contributed by atoms with Crippen LogP contribution in [-0.2, 0) is 18.1 Å². The largest absolute Gasteiger partial charge is 0.416 e. The van der Waals surface area contributed by atoms with Gasteiger partial charge < -0.3 is 20.5 Å². The summed E-state index contributed by atoms with van der Waals surface area (Å²) in [6.45, 7) is 5.70. The summed E-state index contributed by atoms with van der Waals surface area (Å²) in [5.74, 6) is -1.00. The summed E-state index contributed by atoms with van der Waals surface area (Å²) in [5, 5.41) is 14.7. The molecule has 33 heavy (non-hydrogen) atoms. The van der Waals surface area contributed by atoms with Crippen molar-refractivity contribution in [1.82, 2.24) is 31.4 Å². The van der Waals surface area contributed by atoms with Crippen LogP contribution in [0.25, 0.3) is 0 Å². The van der Waals surface area contributed by atoms with Gasteiger partial charge in [0.1, 0.15) is 6.17 Å². The van der Waals surface area contributed by atoms with Gasteiger partial charge in [-0.25, -0.2) is 4.79 Å². The van der Waals surface area contributed by atoms with Gasteiger partial charge in [-0.15, -0.1) is 0 Å². The van der Waals surface area contributed by atoms with Crippen LogP contribution in [0.15, 0.2) is 22.7 Å². The Labute approximate surface area is 187 Å². The van der Waals surface area contributed by atoms with Crippen molar-refractivity contribution in [2.45, 2.75) is 63.5 Å². The number of fused-ring (bicyclic) bond motifs is 1. The molecule has 2 fully saturated rings. The summed E-state index contributed by atoms with van der Waals surface area (Å²) in [4.78, 5) is 28.1. The zero-order chi connectivity index (χ0) is 24.0. The van der Waals surface area contributed by atoms with Gasteiger partial charge in [-0.3, -0.25) is 10.1 Å². The highest BCUT2D eigenvalue weighted by molar-refractivity contribution is 5.90. The smallest absolute Gasteiger partial charge is 0.345 e. The van der Waals surface area contributed by atoms with Crippen molar-refractivity contribution in [3.63, 3.8) is 0 Å². The number of hydrogen-bond donors (Lipinski definition) is 4. The lowest BCUT2D eigenvalue weighted by Crippen LogP contribution is -2.53. The van der Waals surface area contributed by atoms with Gasteiger partial charge in [-0.2, -0.15) is 18.2 Å². The molecule has 3 heterocycles. The summed E-state index contributed by atoms with van der Waals surface area (Å²) in [5.41, 5.74) is -0.910. The normalized spacial score (nSPS) is 23.0. The topological polar surface area (TPSA) is 121 Å². The zero-order valence-electron chi connectivity index (χ0n) is 18.3. The molecule has 4 N–H and O–H groups in total. The highest BCUT2D eigenvalue weighted by Gasteiger charge is 2.42. The molecule has 2 aromatic rings. The van der Waals surface area contributed by atoms with Gasteiger partial charge in [0.05, 0.1) is 11.6 Å². The van der Waals surface area contributed by atoms with Crippen LogP contribution < -0.4 is 21.3 Å². The summed E-state index contributed by atoms with van der Waals surface area (Å²) in [7, 11) is 0. The van der Waals surface area contributed by atoms with Crippen LogP contribution in [0.5, 0.6) is 0 Å². The average Bonchev–Trinajstić information content (AvgIpc) is 3.37. The minimum Gasteiger partial charge on any atom is -0.345 e. The van der Waals surface area contributed by atoms with E-state index in [1.165, 1.54) is 6.07 Å². The number of rotatable bonds is 4. The molecule has 0 radical (unpaired) electrons. The Morgan fingerprint density at radius 1 is 1.24 bits per heavy atom. The molecule has 0 aliphatic carbocycles. The van der Waals surface area contributed by atoms with E-state index in [0.29, 0.717) is 18.5 Å². The van der Waals surface area contributed by atoms with Crippen molar-refractivity contribution in [3.8, 4) is 0 Å². The average molecular weight is 466 g/mol. The first kappa shape index (κ1) is 23.0. The minimum absolute atomic E-state index is 0.0850. The Morgan fingerprint density at radius 2 is 2.00 bits per heavy atom. The van der Waals surface area contributed by atoms with E-state index in [1.807, 2.05) is 20.8 Å². The number of halogens is 3. The standard InChI is InChI=1S/C21H25F3N6O3/c1-20(2,3)18-28-16(30-33-18)17(31)26-9-11-5-4-10(8-13(11)21(22,23)24)12-6-7-25-15-14(12)27-19(32)29-15/h4-5,8,12,14-15,25H,6-7,9H2,1-3H3,(H,26,31)(H2,27,29,32). The molecule has 3 atom stereocenters. The quantitative estimate of drug-likeness (QED) is 0.549. The number of nitrogens with one attached hydrogen (secondary N) is 4. The molecule has 1 aromatic carbocycles. The molecular formula is C21H25F3N6O3. The molecule has 4 rings (SSSR count). The van der Waals surface area contributed by atoms with Gasteiger partial charge in [0.25, 0.3) is 11.7 Å². The van der Waals surface area contributed by atoms with Crippen LogP contribution in [0.3, 0.4) is 0 Å². The maximum atomic E-state index is 13.9. The number of aromatic nitrogens is 2. The van der Waals surface area contributed by atoms with Crippen LogP contribution in [-0.4, -0.2) is 40.8 Å². The first-order chi connectivity index (χ1) is 15.4. The van der Waals surface area contributed by atoms with E-state index in [4.69, 9.17) is 4.52 Å². The third-order valence-electron chi connectivity index (χ3n) is 5.77. The van der Waals surface area contributed by atoms with E-state index in [-0.39, 0.29) is 48.0 Å². The predicted molar refractivity (Wildman–Crippen MR) is 110 cm³/mol. The van der Waals surface area contributed by atoms with Crippen molar-refractivity contribution < 1.29 is 27.3 Å². The van der Waals surface area contributed by atoms with Gasteiger partial charge in [-0.05, 0) is 30.2 Å². The molecule has 178 valence electrons. The van der Waals surface area contributed by atoms with Crippen molar-refractivity contribution in [3.05, 3.63) is 46.6 Å². The van der Waals surface area contributed by atoms with Gasteiger partial charge in [0.15, 0.2) is 0 Å². The number of benzene rings is 1. The third-order valence-corrected chi connectivity index (χ3v) is 5.77. The minimum atomic E-state index is -4.62. The van der Waals surface area contributed by atoms with Crippen LogP contribution in [0.1, 0.15) is 66.3 Å². The lowest BCUT2D eigenvalue weighted by atomic mass is 9.83. The number of carbonyl (C=O) groups excluding carboxylic acids is 2. The summed E-state index contributed by atoms with van der Waals surface area (Å²) in [6.07, 6.45) is -4.38. The van der Waals surface area contributed by atoms with E-state index < -0.39 is 23.1 Å². The number of alkyl halides is 3. The van der Waals surface area contributed by atoms with Crippen molar-refractivity contribution in [2.24, 2.45) is 0 Å². The Balaban J connectivity index is 1.53.